The number of fused-ring (bicyclic) bond motifs is 3. The van der Waals surface area contributed by atoms with Gasteiger partial charge in [-0.15, -0.1) is 0 Å². The highest BCUT2D eigenvalue weighted by Gasteiger charge is 2.55. The first-order chi connectivity index (χ1) is 31.0. The Bertz CT molecular complexity index is 2530. The maximum atomic E-state index is 17.1. The van der Waals surface area contributed by atoms with Gasteiger partial charge in [0.05, 0.1) is 6.04 Å². The number of hydrogen-bond donors (Lipinski definition) is 0. The van der Waals surface area contributed by atoms with E-state index in [1.807, 2.05) is 163 Å². The lowest BCUT2D eigenvalue weighted by molar-refractivity contribution is -0.129. The molecule has 1 amide bonds. The zero-order valence-electron chi connectivity index (χ0n) is 35.8. The number of amides is 1. The lowest BCUT2D eigenvalue weighted by atomic mass is 9.63. The van der Waals surface area contributed by atoms with E-state index in [4.69, 9.17) is 4.74 Å². The van der Waals surface area contributed by atoms with Crippen molar-refractivity contribution in [3.63, 3.8) is 0 Å². The third-order valence-corrected chi connectivity index (χ3v) is 12.8. The normalized spacial score (nSPS) is 12.9. The van der Waals surface area contributed by atoms with Crippen LogP contribution in [-0.2, 0) is 20.5 Å². The minimum absolute atomic E-state index is 0.0112. The molecule has 0 radical (unpaired) electrons. The van der Waals surface area contributed by atoms with Crippen molar-refractivity contribution in [2.24, 2.45) is 5.92 Å². The number of benzene rings is 8. The summed E-state index contributed by atoms with van der Waals surface area (Å²) in [5.74, 6) is -0.331. The molecule has 63 heavy (non-hydrogen) atoms. The summed E-state index contributed by atoms with van der Waals surface area (Å²) in [4.78, 5) is 35.3. The Kier molecular flexibility index (Phi) is 11.7. The Balaban J connectivity index is 1.33. The third kappa shape index (κ3) is 7.36. The fourth-order valence-electron chi connectivity index (χ4n) is 10.1. The van der Waals surface area contributed by atoms with Gasteiger partial charge in [-0.05, 0) is 68.0 Å². The fourth-order valence-corrected chi connectivity index (χ4v) is 10.1. The lowest BCUT2D eigenvalue weighted by Gasteiger charge is -2.50. The zero-order valence-corrected chi connectivity index (χ0v) is 35.8. The second kappa shape index (κ2) is 18.0. The minimum Gasteiger partial charge on any atom is -0.448 e. The summed E-state index contributed by atoms with van der Waals surface area (Å²) in [6.07, 6.45) is -0.221. The van der Waals surface area contributed by atoms with Crippen LogP contribution in [0.2, 0.25) is 0 Å². The number of carbonyl (C=O) groups is 2. The van der Waals surface area contributed by atoms with E-state index in [2.05, 4.69) is 86.6 Å². The molecule has 0 N–H and O–H groups in total. The SMILES string of the molecule is CC(C)C[C@@H](C(=O)C(c1ccccc1)(c1ccccc1)c1ccccc1)N(C(=O)OCC1c2ccccc2-c2ccccc21)C(c1ccccc1)(c1ccccc1)c1ccccc1. The largest absolute Gasteiger partial charge is 0.448 e. The summed E-state index contributed by atoms with van der Waals surface area (Å²) >= 11 is 0. The number of ether oxygens (including phenoxy) is 1. The molecule has 1 aliphatic carbocycles. The lowest BCUT2D eigenvalue weighted by Crippen LogP contribution is -2.62. The molecule has 0 saturated carbocycles. The van der Waals surface area contributed by atoms with Gasteiger partial charge in [-0.25, -0.2) is 4.79 Å². The summed E-state index contributed by atoms with van der Waals surface area (Å²) in [6, 6.07) is 76.3. The van der Waals surface area contributed by atoms with Gasteiger partial charge in [-0.3, -0.25) is 9.69 Å². The highest BCUT2D eigenvalue weighted by Crippen LogP contribution is 2.50. The molecule has 0 heterocycles. The Morgan fingerprint density at radius 2 is 0.778 bits per heavy atom. The molecule has 8 aromatic rings. The molecule has 4 nitrogen and oxygen atoms in total. The number of nitrogens with zero attached hydrogens (tertiary/aromatic N) is 1. The van der Waals surface area contributed by atoms with Gasteiger partial charge in [0, 0.05) is 5.92 Å². The summed E-state index contributed by atoms with van der Waals surface area (Å²) in [6.45, 7) is 4.34. The van der Waals surface area contributed by atoms with Crippen LogP contribution in [0.3, 0.4) is 0 Å². The Labute approximate surface area is 371 Å². The first-order valence-electron chi connectivity index (χ1n) is 22.0. The van der Waals surface area contributed by atoms with Crippen LogP contribution in [0.1, 0.15) is 70.7 Å². The first-order valence-corrected chi connectivity index (χ1v) is 22.0. The minimum atomic E-state index is -1.34. The maximum Gasteiger partial charge on any atom is 0.411 e. The van der Waals surface area contributed by atoms with Gasteiger partial charge in [0.2, 0.25) is 0 Å². The van der Waals surface area contributed by atoms with Crippen molar-refractivity contribution in [3.05, 3.63) is 275 Å². The molecule has 8 aromatic carbocycles. The van der Waals surface area contributed by atoms with Crippen LogP contribution in [0, 0.1) is 5.92 Å². The van der Waals surface area contributed by atoms with E-state index in [0.29, 0.717) is 6.42 Å². The van der Waals surface area contributed by atoms with Crippen molar-refractivity contribution in [1.29, 1.82) is 0 Å². The predicted octanol–water partition coefficient (Wildman–Crippen LogP) is 13.2. The average molecular weight is 822 g/mol. The van der Waals surface area contributed by atoms with Gasteiger partial charge in [0.25, 0.3) is 0 Å². The molecule has 310 valence electrons. The molecule has 0 unspecified atom stereocenters. The molecule has 0 aliphatic heterocycles. The molecule has 9 rings (SSSR count). The highest BCUT2D eigenvalue weighted by atomic mass is 16.6. The van der Waals surface area contributed by atoms with E-state index < -0.39 is 23.1 Å². The Hall–Kier alpha value is -7.30. The zero-order chi connectivity index (χ0) is 43.2. The van der Waals surface area contributed by atoms with Crippen molar-refractivity contribution in [3.8, 4) is 11.1 Å². The number of ketones is 1. The van der Waals surface area contributed by atoms with Crippen molar-refractivity contribution in [2.75, 3.05) is 6.61 Å². The quantitative estimate of drug-likeness (QED) is 0.103. The first kappa shape index (κ1) is 41.1. The van der Waals surface area contributed by atoms with E-state index in [9.17, 15) is 0 Å². The van der Waals surface area contributed by atoms with Crippen molar-refractivity contribution >= 4 is 11.9 Å². The third-order valence-electron chi connectivity index (χ3n) is 12.8. The monoisotopic (exact) mass is 821 g/mol. The van der Waals surface area contributed by atoms with Gasteiger partial charge in [0.1, 0.15) is 17.6 Å². The molecule has 0 spiro atoms. The summed E-state index contributed by atoms with van der Waals surface area (Å²) in [5.41, 5.74) is 6.81. The number of hydrogen-bond acceptors (Lipinski definition) is 3. The number of Topliss-reactive ketones (excluding diaryl/α,β-unsaturated/α-hetero) is 1. The predicted molar refractivity (Wildman–Crippen MR) is 254 cm³/mol. The summed E-state index contributed by atoms with van der Waals surface area (Å²) < 4.78 is 6.85. The van der Waals surface area contributed by atoms with Gasteiger partial charge in [0.15, 0.2) is 5.78 Å². The van der Waals surface area contributed by atoms with Gasteiger partial charge >= 0.3 is 6.09 Å². The molecule has 0 saturated heterocycles. The van der Waals surface area contributed by atoms with E-state index in [0.717, 1.165) is 55.6 Å². The Morgan fingerprint density at radius 1 is 0.460 bits per heavy atom. The van der Waals surface area contributed by atoms with Gasteiger partial charge in [-0.2, -0.15) is 0 Å². The van der Waals surface area contributed by atoms with Gasteiger partial charge in [-0.1, -0.05) is 244 Å². The Morgan fingerprint density at radius 3 is 1.13 bits per heavy atom. The van der Waals surface area contributed by atoms with Crippen LogP contribution in [0.25, 0.3) is 11.1 Å². The smallest absolute Gasteiger partial charge is 0.411 e. The second-order valence-electron chi connectivity index (χ2n) is 16.8. The standard InChI is InChI=1S/C59H51NO3/c1-43(2)41-55(56(61)58(44-25-9-3-10-26-44,45-27-11-4-12-28-45)46-29-13-5-14-30-46)60(57(62)63-42-54-52-39-23-21-37-50(52)51-38-22-24-40-53(51)54)59(47-31-15-6-16-32-47,48-33-17-7-18-34-48)49-35-19-8-20-36-49/h3-40,43,54-55H,41-42H2,1-2H3/t55-/m0/s1. The van der Waals surface area contributed by atoms with E-state index in [1.54, 1.807) is 0 Å². The number of carbonyl (C=O) groups excluding carboxylic acids is 2. The van der Waals surface area contributed by atoms with E-state index >= 15 is 9.59 Å². The van der Waals surface area contributed by atoms with Crippen molar-refractivity contribution in [2.45, 2.75) is 43.2 Å². The topological polar surface area (TPSA) is 46.6 Å². The molecular weight excluding hydrogens is 771 g/mol. The van der Waals surface area contributed by atoms with Crippen LogP contribution in [0.15, 0.2) is 231 Å². The molecule has 1 aliphatic rings. The van der Waals surface area contributed by atoms with Crippen molar-refractivity contribution < 1.29 is 14.3 Å². The summed E-state index contributed by atoms with van der Waals surface area (Å²) in [7, 11) is 0. The molecule has 0 aromatic heterocycles. The molecule has 0 fully saturated rings. The number of rotatable bonds is 14. The molecule has 0 bridgehead atoms. The van der Waals surface area contributed by atoms with Crippen LogP contribution in [-0.4, -0.2) is 29.4 Å². The molecular formula is C59H51NO3. The summed E-state index contributed by atoms with van der Waals surface area (Å²) in [5, 5.41) is 0. The van der Waals surface area contributed by atoms with Crippen LogP contribution < -0.4 is 0 Å². The molecule has 4 heteroatoms. The van der Waals surface area contributed by atoms with Crippen LogP contribution in [0.4, 0.5) is 4.79 Å². The second-order valence-corrected chi connectivity index (χ2v) is 16.8. The fraction of sp³-hybridized carbons (Fsp3) is 0.153. The van der Waals surface area contributed by atoms with Gasteiger partial charge < -0.3 is 4.74 Å². The van der Waals surface area contributed by atoms with E-state index in [1.165, 1.54) is 0 Å². The maximum absolute atomic E-state index is 17.1. The molecule has 1 atom stereocenters. The van der Waals surface area contributed by atoms with Crippen LogP contribution >= 0.6 is 0 Å². The van der Waals surface area contributed by atoms with E-state index in [-0.39, 0.29) is 24.2 Å². The average Bonchev–Trinajstić information content (AvgIpc) is 3.67. The van der Waals surface area contributed by atoms with Crippen molar-refractivity contribution in [1.82, 2.24) is 4.90 Å². The van der Waals surface area contributed by atoms with Crippen LogP contribution in [0.5, 0.6) is 0 Å². The highest BCUT2D eigenvalue weighted by molar-refractivity contribution is 6.03.